The average molecular weight is 419 g/mol. The van der Waals surface area contributed by atoms with Gasteiger partial charge in [0.2, 0.25) is 0 Å². The Labute approximate surface area is 181 Å². The van der Waals surface area contributed by atoms with Gasteiger partial charge in [-0.25, -0.2) is 0 Å². The lowest BCUT2D eigenvalue weighted by molar-refractivity contribution is 0.0944. The van der Waals surface area contributed by atoms with E-state index in [2.05, 4.69) is 42.1 Å². The predicted octanol–water partition coefficient (Wildman–Crippen LogP) is 2.18. The van der Waals surface area contributed by atoms with E-state index >= 15 is 0 Å². The minimum atomic E-state index is -0.211. The van der Waals surface area contributed by atoms with Gasteiger partial charge in [-0.3, -0.25) is 14.7 Å². The molecule has 0 bridgehead atoms. The van der Waals surface area contributed by atoms with Crippen LogP contribution in [0.25, 0.3) is 6.08 Å². The SMILES string of the molecule is COc1ccc(/C=C/CN2CCc3nnc(CNC(=O)c4ccccn4)n3CC2)cc1. The molecule has 3 aromatic rings. The average Bonchev–Trinajstić information content (AvgIpc) is 3.10. The smallest absolute Gasteiger partial charge is 0.270 e. The van der Waals surface area contributed by atoms with Gasteiger partial charge in [0.1, 0.15) is 17.3 Å². The Morgan fingerprint density at radius 3 is 2.77 bits per heavy atom. The third-order valence-electron chi connectivity index (χ3n) is 5.29. The number of fused-ring (bicyclic) bond motifs is 1. The Morgan fingerprint density at radius 1 is 1.13 bits per heavy atom. The predicted molar refractivity (Wildman–Crippen MR) is 118 cm³/mol. The zero-order valence-corrected chi connectivity index (χ0v) is 17.6. The number of hydrogen-bond donors (Lipinski definition) is 1. The minimum Gasteiger partial charge on any atom is -0.497 e. The molecule has 8 nitrogen and oxygen atoms in total. The fourth-order valence-electron chi connectivity index (χ4n) is 3.54. The Morgan fingerprint density at radius 2 is 2.00 bits per heavy atom. The summed E-state index contributed by atoms with van der Waals surface area (Å²) < 4.78 is 7.31. The van der Waals surface area contributed by atoms with Crippen LogP contribution in [0.1, 0.15) is 27.7 Å². The number of carbonyl (C=O) groups is 1. The molecule has 0 unspecified atom stereocenters. The molecule has 160 valence electrons. The van der Waals surface area contributed by atoms with Gasteiger partial charge in [-0.2, -0.15) is 0 Å². The molecule has 1 N–H and O–H groups in total. The largest absolute Gasteiger partial charge is 0.497 e. The number of pyridine rings is 1. The molecule has 0 fully saturated rings. The van der Waals surface area contributed by atoms with Gasteiger partial charge in [0.15, 0.2) is 5.82 Å². The number of benzene rings is 1. The summed E-state index contributed by atoms with van der Waals surface area (Å²) in [7, 11) is 1.67. The molecular formula is C23H26N6O2. The Bertz CT molecular complexity index is 1030. The van der Waals surface area contributed by atoms with E-state index < -0.39 is 0 Å². The molecule has 2 aromatic heterocycles. The monoisotopic (exact) mass is 418 g/mol. The first-order valence-electron chi connectivity index (χ1n) is 10.4. The summed E-state index contributed by atoms with van der Waals surface area (Å²) in [5, 5.41) is 11.5. The van der Waals surface area contributed by atoms with Crippen LogP contribution in [0.4, 0.5) is 0 Å². The van der Waals surface area contributed by atoms with Gasteiger partial charge in [0.05, 0.1) is 13.7 Å². The molecule has 1 aliphatic rings. The van der Waals surface area contributed by atoms with Crippen molar-refractivity contribution in [2.75, 3.05) is 26.7 Å². The lowest BCUT2D eigenvalue weighted by atomic mass is 10.2. The number of rotatable bonds is 7. The Balaban J connectivity index is 1.30. The van der Waals surface area contributed by atoms with Crippen LogP contribution in [-0.4, -0.2) is 57.3 Å². The van der Waals surface area contributed by atoms with E-state index in [1.165, 1.54) is 0 Å². The quantitative estimate of drug-likeness (QED) is 0.633. The van der Waals surface area contributed by atoms with Gasteiger partial charge in [0, 0.05) is 38.8 Å². The number of hydrogen-bond acceptors (Lipinski definition) is 6. The second-order valence-electron chi connectivity index (χ2n) is 7.31. The lowest BCUT2D eigenvalue weighted by Crippen LogP contribution is -2.28. The number of ether oxygens (including phenoxy) is 1. The molecule has 3 heterocycles. The van der Waals surface area contributed by atoms with Crippen molar-refractivity contribution in [1.29, 1.82) is 0 Å². The molecule has 8 heteroatoms. The van der Waals surface area contributed by atoms with Crippen LogP contribution < -0.4 is 10.1 Å². The highest BCUT2D eigenvalue weighted by Crippen LogP contribution is 2.13. The molecule has 1 aliphatic heterocycles. The molecule has 0 atom stereocenters. The summed E-state index contributed by atoms with van der Waals surface area (Å²) in [6.07, 6.45) is 6.75. The maximum atomic E-state index is 12.2. The third kappa shape index (κ3) is 5.35. The van der Waals surface area contributed by atoms with E-state index in [0.717, 1.165) is 55.6 Å². The highest BCUT2D eigenvalue weighted by Gasteiger charge is 2.18. The van der Waals surface area contributed by atoms with E-state index in [-0.39, 0.29) is 5.91 Å². The number of methoxy groups -OCH3 is 1. The lowest BCUT2D eigenvalue weighted by Gasteiger charge is -2.17. The van der Waals surface area contributed by atoms with Crippen LogP contribution in [0.5, 0.6) is 5.75 Å². The molecule has 1 aromatic carbocycles. The first-order valence-corrected chi connectivity index (χ1v) is 10.4. The first kappa shape index (κ1) is 20.7. The van der Waals surface area contributed by atoms with E-state index in [4.69, 9.17) is 4.74 Å². The van der Waals surface area contributed by atoms with Gasteiger partial charge in [0.25, 0.3) is 5.91 Å². The standard InChI is InChI=1S/C23H26N6O2/c1-31-19-9-7-18(8-10-19)5-4-13-28-14-11-21-26-27-22(29(21)16-15-28)17-25-23(30)20-6-2-3-12-24-20/h2-10,12H,11,13-17H2,1H3,(H,25,30)/b5-4+. The number of carbonyl (C=O) groups excluding carboxylic acids is 1. The zero-order chi connectivity index (χ0) is 21.5. The topological polar surface area (TPSA) is 85.2 Å². The maximum absolute atomic E-state index is 12.2. The van der Waals surface area contributed by atoms with Gasteiger partial charge < -0.3 is 14.6 Å². The first-order chi connectivity index (χ1) is 15.2. The van der Waals surface area contributed by atoms with Crippen LogP contribution in [0.15, 0.2) is 54.7 Å². The summed E-state index contributed by atoms with van der Waals surface area (Å²) in [6, 6.07) is 13.3. The molecule has 0 radical (unpaired) electrons. The Kier molecular flexibility index (Phi) is 6.68. The molecule has 0 aliphatic carbocycles. The highest BCUT2D eigenvalue weighted by atomic mass is 16.5. The second kappa shape index (κ2) is 9.99. The van der Waals surface area contributed by atoms with Gasteiger partial charge in [-0.15, -0.1) is 10.2 Å². The molecule has 0 saturated carbocycles. The second-order valence-corrected chi connectivity index (χ2v) is 7.31. The normalized spacial score (nSPS) is 14.2. The molecule has 0 saturated heterocycles. The summed E-state index contributed by atoms with van der Waals surface area (Å²) >= 11 is 0. The number of nitrogens with zero attached hydrogens (tertiary/aromatic N) is 5. The summed E-state index contributed by atoms with van der Waals surface area (Å²) in [5.74, 6) is 2.38. The van der Waals surface area contributed by atoms with E-state index in [1.54, 1.807) is 31.5 Å². The van der Waals surface area contributed by atoms with Gasteiger partial charge in [-0.1, -0.05) is 30.4 Å². The summed E-state index contributed by atoms with van der Waals surface area (Å²) in [4.78, 5) is 18.7. The summed E-state index contributed by atoms with van der Waals surface area (Å²) in [6.45, 7) is 3.83. The van der Waals surface area contributed by atoms with Crippen molar-refractivity contribution < 1.29 is 9.53 Å². The van der Waals surface area contributed by atoms with Crippen LogP contribution in [-0.2, 0) is 19.5 Å². The van der Waals surface area contributed by atoms with Crippen LogP contribution >= 0.6 is 0 Å². The van der Waals surface area contributed by atoms with Crippen molar-refractivity contribution in [2.24, 2.45) is 0 Å². The Hall–Kier alpha value is -3.52. The van der Waals surface area contributed by atoms with Crippen molar-refractivity contribution in [3.8, 4) is 5.75 Å². The van der Waals surface area contributed by atoms with Gasteiger partial charge >= 0.3 is 0 Å². The van der Waals surface area contributed by atoms with E-state index in [1.807, 2.05) is 24.3 Å². The molecule has 4 rings (SSSR count). The van der Waals surface area contributed by atoms with E-state index in [9.17, 15) is 4.79 Å². The molecule has 1 amide bonds. The van der Waals surface area contributed by atoms with Crippen molar-refractivity contribution in [1.82, 2.24) is 30.0 Å². The van der Waals surface area contributed by atoms with Crippen molar-refractivity contribution >= 4 is 12.0 Å². The fraction of sp³-hybridized carbons (Fsp3) is 0.304. The number of amides is 1. The third-order valence-corrected chi connectivity index (χ3v) is 5.29. The van der Waals surface area contributed by atoms with Crippen LogP contribution in [0, 0.1) is 0 Å². The van der Waals surface area contributed by atoms with Gasteiger partial charge in [-0.05, 0) is 29.8 Å². The highest BCUT2D eigenvalue weighted by molar-refractivity contribution is 5.92. The maximum Gasteiger partial charge on any atom is 0.270 e. The number of nitrogens with one attached hydrogen (secondary N) is 1. The summed E-state index contributed by atoms with van der Waals surface area (Å²) in [5.41, 5.74) is 1.55. The van der Waals surface area contributed by atoms with Crippen LogP contribution in [0.3, 0.4) is 0 Å². The number of aromatic nitrogens is 4. The molecule has 0 spiro atoms. The molecular weight excluding hydrogens is 392 g/mol. The molecule has 31 heavy (non-hydrogen) atoms. The van der Waals surface area contributed by atoms with Crippen molar-refractivity contribution in [3.05, 3.63) is 77.6 Å². The van der Waals surface area contributed by atoms with Crippen LogP contribution in [0.2, 0.25) is 0 Å². The fourth-order valence-corrected chi connectivity index (χ4v) is 3.54. The minimum absolute atomic E-state index is 0.211. The van der Waals surface area contributed by atoms with Crippen molar-refractivity contribution in [2.45, 2.75) is 19.5 Å². The van der Waals surface area contributed by atoms with Crippen molar-refractivity contribution in [3.63, 3.8) is 0 Å². The zero-order valence-electron chi connectivity index (χ0n) is 17.6. The van der Waals surface area contributed by atoms with E-state index in [0.29, 0.717) is 12.2 Å².